The highest BCUT2D eigenvalue weighted by molar-refractivity contribution is 5.78. The van der Waals surface area contributed by atoms with Crippen LogP contribution >= 0.6 is 0 Å². The summed E-state index contributed by atoms with van der Waals surface area (Å²) in [5.74, 6) is 6.10. The van der Waals surface area contributed by atoms with E-state index in [4.69, 9.17) is 5.84 Å². The highest BCUT2D eigenvalue weighted by Crippen LogP contribution is 2.15. The number of aromatic nitrogens is 2. The van der Waals surface area contributed by atoms with Crippen LogP contribution in [0.4, 0.5) is 5.82 Å². The Morgan fingerprint density at radius 1 is 1.15 bits per heavy atom. The van der Waals surface area contributed by atoms with Gasteiger partial charge in [0.25, 0.3) is 0 Å². The fourth-order valence-corrected chi connectivity index (χ4v) is 2.28. The summed E-state index contributed by atoms with van der Waals surface area (Å²) in [5.41, 5.74) is 4.47. The third-order valence-corrected chi connectivity index (χ3v) is 3.25. The number of para-hydroxylation sites is 1. The van der Waals surface area contributed by atoms with Gasteiger partial charge in [-0.2, -0.15) is 0 Å². The van der Waals surface area contributed by atoms with E-state index in [1.54, 1.807) is 18.5 Å². The summed E-state index contributed by atoms with van der Waals surface area (Å²) >= 11 is 0. The monoisotopic (exact) mass is 266 g/mol. The van der Waals surface area contributed by atoms with Gasteiger partial charge in [-0.3, -0.25) is 4.79 Å². The highest BCUT2D eigenvalue weighted by atomic mass is 16.1. The van der Waals surface area contributed by atoms with Gasteiger partial charge in [0.1, 0.15) is 5.82 Å². The van der Waals surface area contributed by atoms with E-state index in [1.807, 2.05) is 41.0 Å². The number of hydrazine groups is 1. The van der Waals surface area contributed by atoms with Crippen LogP contribution in [0.25, 0.3) is 10.9 Å². The Hall–Kier alpha value is -2.66. The number of nitrogens with zero attached hydrogens (tertiary/aromatic N) is 2. The Bertz CT molecular complexity index is 810. The molecule has 0 aliphatic heterocycles. The van der Waals surface area contributed by atoms with Crippen LogP contribution in [0.2, 0.25) is 0 Å². The van der Waals surface area contributed by atoms with Gasteiger partial charge in [-0.1, -0.05) is 18.2 Å². The SMILES string of the molecule is NNc1ncccc1Cn1ccc(=O)c2ccccc21. The molecule has 0 saturated carbocycles. The van der Waals surface area contributed by atoms with Gasteiger partial charge in [0, 0.05) is 29.4 Å². The first-order valence-electron chi connectivity index (χ1n) is 6.28. The van der Waals surface area contributed by atoms with Crippen LogP contribution in [-0.4, -0.2) is 9.55 Å². The van der Waals surface area contributed by atoms with Crippen molar-refractivity contribution in [1.82, 2.24) is 9.55 Å². The van der Waals surface area contributed by atoms with E-state index in [-0.39, 0.29) is 5.43 Å². The molecule has 0 spiro atoms. The largest absolute Gasteiger partial charge is 0.343 e. The summed E-state index contributed by atoms with van der Waals surface area (Å²) in [4.78, 5) is 16.0. The Labute approximate surface area is 115 Å². The molecule has 0 radical (unpaired) electrons. The van der Waals surface area contributed by atoms with Crippen LogP contribution in [0.1, 0.15) is 5.56 Å². The summed E-state index contributed by atoms with van der Waals surface area (Å²) in [7, 11) is 0. The second-order valence-corrected chi connectivity index (χ2v) is 4.48. The second kappa shape index (κ2) is 5.14. The molecule has 0 atom stereocenters. The van der Waals surface area contributed by atoms with Crippen LogP contribution in [0.3, 0.4) is 0 Å². The van der Waals surface area contributed by atoms with E-state index in [0.29, 0.717) is 17.7 Å². The van der Waals surface area contributed by atoms with Crippen LogP contribution in [0, 0.1) is 0 Å². The number of rotatable bonds is 3. The molecule has 5 heteroatoms. The molecule has 0 fully saturated rings. The topological polar surface area (TPSA) is 72.9 Å². The Kier molecular flexibility index (Phi) is 3.18. The molecule has 0 bridgehead atoms. The number of benzene rings is 1. The quantitative estimate of drug-likeness (QED) is 0.559. The van der Waals surface area contributed by atoms with Gasteiger partial charge in [0.15, 0.2) is 5.43 Å². The predicted octanol–water partition coefficient (Wildman–Crippen LogP) is 1.73. The third kappa shape index (κ3) is 2.15. The number of hydrogen-bond acceptors (Lipinski definition) is 4. The number of fused-ring (bicyclic) bond motifs is 1. The molecule has 20 heavy (non-hydrogen) atoms. The molecule has 5 nitrogen and oxygen atoms in total. The first-order valence-corrected chi connectivity index (χ1v) is 6.28. The van der Waals surface area contributed by atoms with Crippen molar-refractivity contribution in [2.24, 2.45) is 5.84 Å². The molecule has 3 N–H and O–H groups in total. The fraction of sp³-hybridized carbons (Fsp3) is 0.0667. The number of pyridine rings is 2. The number of hydrogen-bond donors (Lipinski definition) is 2. The first kappa shape index (κ1) is 12.4. The Morgan fingerprint density at radius 3 is 2.85 bits per heavy atom. The number of anilines is 1. The lowest BCUT2D eigenvalue weighted by Gasteiger charge is -2.12. The van der Waals surface area contributed by atoms with Crippen molar-refractivity contribution in [2.75, 3.05) is 5.43 Å². The number of nitrogens with two attached hydrogens (primary N) is 1. The van der Waals surface area contributed by atoms with Gasteiger partial charge in [0.2, 0.25) is 0 Å². The van der Waals surface area contributed by atoms with Crippen LogP contribution in [0.15, 0.2) is 59.7 Å². The van der Waals surface area contributed by atoms with Gasteiger partial charge in [0.05, 0.1) is 12.1 Å². The van der Waals surface area contributed by atoms with Gasteiger partial charge in [-0.15, -0.1) is 0 Å². The Balaban J connectivity index is 2.12. The third-order valence-electron chi connectivity index (χ3n) is 3.25. The van der Waals surface area contributed by atoms with E-state index in [1.165, 1.54) is 0 Å². The van der Waals surface area contributed by atoms with Crippen molar-refractivity contribution in [1.29, 1.82) is 0 Å². The molecule has 100 valence electrons. The summed E-state index contributed by atoms with van der Waals surface area (Å²) in [6, 6.07) is 12.9. The number of nitrogens with one attached hydrogen (secondary N) is 1. The molecule has 0 saturated heterocycles. The minimum absolute atomic E-state index is 0.0280. The normalized spacial score (nSPS) is 10.7. The van der Waals surface area contributed by atoms with Crippen LogP contribution < -0.4 is 16.7 Å². The second-order valence-electron chi connectivity index (χ2n) is 4.48. The van der Waals surface area contributed by atoms with Gasteiger partial charge >= 0.3 is 0 Å². The molecule has 0 aliphatic carbocycles. The summed E-state index contributed by atoms with van der Waals surface area (Å²) in [5, 5.41) is 0.709. The van der Waals surface area contributed by atoms with E-state index in [0.717, 1.165) is 11.1 Å². The molecule has 0 unspecified atom stereocenters. The summed E-state index contributed by atoms with van der Waals surface area (Å²) in [6.45, 7) is 0.591. The van der Waals surface area contributed by atoms with E-state index in [9.17, 15) is 4.79 Å². The van der Waals surface area contributed by atoms with Crippen molar-refractivity contribution in [3.8, 4) is 0 Å². The fourth-order valence-electron chi connectivity index (χ4n) is 2.28. The lowest BCUT2D eigenvalue weighted by molar-refractivity contribution is 0.821. The Morgan fingerprint density at radius 2 is 2.00 bits per heavy atom. The van der Waals surface area contributed by atoms with Crippen molar-refractivity contribution < 1.29 is 0 Å². The van der Waals surface area contributed by atoms with Crippen molar-refractivity contribution >= 4 is 16.7 Å². The molecular weight excluding hydrogens is 252 g/mol. The smallest absolute Gasteiger partial charge is 0.189 e. The van der Waals surface area contributed by atoms with Crippen molar-refractivity contribution in [3.63, 3.8) is 0 Å². The highest BCUT2D eigenvalue weighted by Gasteiger charge is 2.06. The molecule has 3 aromatic rings. The minimum Gasteiger partial charge on any atom is -0.343 e. The zero-order chi connectivity index (χ0) is 13.9. The maximum absolute atomic E-state index is 11.8. The average Bonchev–Trinajstić information content (AvgIpc) is 2.51. The molecule has 2 aromatic heterocycles. The van der Waals surface area contributed by atoms with Crippen LogP contribution in [-0.2, 0) is 6.54 Å². The van der Waals surface area contributed by atoms with Crippen LogP contribution in [0.5, 0.6) is 0 Å². The lowest BCUT2D eigenvalue weighted by atomic mass is 10.2. The van der Waals surface area contributed by atoms with Gasteiger partial charge in [-0.25, -0.2) is 10.8 Å². The summed E-state index contributed by atoms with van der Waals surface area (Å²) in [6.07, 6.45) is 3.47. The van der Waals surface area contributed by atoms with E-state index >= 15 is 0 Å². The van der Waals surface area contributed by atoms with Gasteiger partial charge in [-0.05, 0) is 18.2 Å². The molecule has 0 amide bonds. The zero-order valence-electron chi connectivity index (χ0n) is 10.8. The first-order chi connectivity index (χ1) is 9.79. The lowest BCUT2D eigenvalue weighted by Crippen LogP contribution is -2.14. The number of nitrogen functional groups attached to an aromatic ring is 1. The zero-order valence-corrected chi connectivity index (χ0v) is 10.8. The molecule has 2 heterocycles. The molecular formula is C15H14N4O. The summed E-state index contributed by atoms with van der Waals surface area (Å²) < 4.78 is 2.01. The molecule has 1 aromatic carbocycles. The molecule has 3 rings (SSSR count). The maximum Gasteiger partial charge on any atom is 0.189 e. The standard InChI is InChI=1S/C15H14N4O/c16-18-15-11(4-3-8-17-15)10-19-9-7-14(20)12-5-1-2-6-13(12)19/h1-9H,10,16H2,(H,17,18). The van der Waals surface area contributed by atoms with E-state index in [2.05, 4.69) is 10.4 Å². The predicted molar refractivity (Wildman–Crippen MR) is 79.4 cm³/mol. The van der Waals surface area contributed by atoms with Crippen molar-refractivity contribution in [2.45, 2.75) is 6.54 Å². The molecule has 0 aliphatic rings. The minimum atomic E-state index is 0.0280. The van der Waals surface area contributed by atoms with E-state index < -0.39 is 0 Å². The maximum atomic E-state index is 11.8. The average molecular weight is 266 g/mol. The van der Waals surface area contributed by atoms with Gasteiger partial charge < -0.3 is 9.99 Å². The van der Waals surface area contributed by atoms with Crippen molar-refractivity contribution in [3.05, 3.63) is 70.6 Å².